The Hall–Kier alpha value is -2.34. The molecule has 1 fully saturated rings. The first kappa shape index (κ1) is 13.6. The zero-order valence-corrected chi connectivity index (χ0v) is 11.9. The number of hydrogen-bond donors (Lipinski definition) is 2. The van der Waals surface area contributed by atoms with Crippen molar-refractivity contribution in [3.63, 3.8) is 0 Å². The molecule has 6 heteroatoms. The van der Waals surface area contributed by atoms with Crippen LogP contribution in [0.25, 0.3) is 5.69 Å². The predicted octanol–water partition coefficient (Wildman–Crippen LogP) is 1.78. The molecule has 0 radical (unpaired) electrons. The molecule has 0 saturated carbocycles. The lowest BCUT2D eigenvalue weighted by Gasteiger charge is -2.18. The number of aliphatic hydroxyl groups excluding tert-OH is 1. The van der Waals surface area contributed by atoms with Crippen LogP contribution in [0.15, 0.2) is 36.5 Å². The minimum Gasteiger partial charge on any atom is -0.391 e. The van der Waals surface area contributed by atoms with E-state index in [1.807, 2.05) is 37.3 Å². The molecule has 110 valence electrons. The second kappa shape index (κ2) is 5.57. The van der Waals surface area contributed by atoms with Crippen LogP contribution < -0.4 is 5.32 Å². The van der Waals surface area contributed by atoms with Gasteiger partial charge in [0.05, 0.1) is 17.5 Å². The van der Waals surface area contributed by atoms with E-state index in [0.29, 0.717) is 25.2 Å². The predicted molar refractivity (Wildman–Crippen MR) is 79.5 cm³/mol. The highest BCUT2D eigenvalue weighted by Crippen LogP contribution is 2.21. The highest BCUT2D eigenvalue weighted by molar-refractivity contribution is 5.91. The first-order chi connectivity index (χ1) is 10.1. The maximum Gasteiger partial charge on any atom is 0.321 e. The summed E-state index contributed by atoms with van der Waals surface area (Å²) in [5.41, 5.74) is 2.53. The number of nitrogens with one attached hydrogen (secondary N) is 1. The third kappa shape index (κ3) is 2.75. The van der Waals surface area contributed by atoms with Crippen molar-refractivity contribution >= 4 is 11.7 Å². The van der Waals surface area contributed by atoms with Crippen LogP contribution in [0.5, 0.6) is 0 Å². The van der Waals surface area contributed by atoms with Gasteiger partial charge in [0, 0.05) is 25.0 Å². The third-order valence-corrected chi connectivity index (χ3v) is 3.66. The van der Waals surface area contributed by atoms with Crippen molar-refractivity contribution in [2.75, 3.05) is 18.4 Å². The standard InChI is InChI=1S/C15H18N4O2/c1-11-6-8-16-19(11)14-5-3-2-4-13(14)17-15(21)18-9-7-12(20)10-18/h2-6,8,12,20H,7,9-10H2,1H3,(H,17,21)/t12-/m0/s1. The Labute approximate surface area is 123 Å². The normalized spacial score (nSPS) is 18.0. The molecule has 1 aliphatic rings. The van der Waals surface area contributed by atoms with Crippen LogP contribution in [0.3, 0.4) is 0 Å². The molecule has 1 aliphatic heterocycles. The van der Waals surface area contributed by atoms with Gasteiger partial charge in [0.2, 0.25) is 0 Å². The summed E-state index contributed by atoms with van der Waals surface area (Å²) in [6, 6.07) is 9.26. The lowest BCUT2D eigenvalue weighted by Crippen LogP contribution is -2.33. The average molecular weight is 286 g/mol. The van der Waals surface area contributed by atoms with E-state index in [4.69, 9.17) is 0 Å². The van der Waals surface area contributed by atoms with E-state index in [9.17, 15) is 9.90 Å². The molecule has 0 aliphatic carbocycles. The first-order valence-corrected chi connectivity index (χ1v) is 6.99. The van der Waals surface area contributed by atoms with Crippen LogP contribution in [0.4, 0.5) is 10.5 Å². The van der Waals surface area contributed by atoms with E-state index < -0.39 is 6.10 Å². The Balaban J connectivity index is 1.83. The number of likely N-dealkylation sites (tertiary alicyclic amines) is 1. The second-order valence-corrected chi connectivity index (χ2v) is 5.22. The summed E-state index contributed by atoms with van der Waals surface area (Å²) < 4.78 is 1.79. The highest BCUT2D eigenvalue weighted by atomic mass is 16.3. The minimum atomic E-state index is -0.417. The Bertz CT molecular complexity index is 653. The van der Waals surface area contributed by atoms with Gasteiger partial charge < -0.3 is 15.3 Å². The van der Waals surface area contributed by atoms with Crippen LogP contribution in [0, 0.1) is 6.92 Å². The van der Waals surface area contributed by atoms with Gasteiger partial charge in [-0.15, -0.1) is 0 Å². The monoisotopic (exact) mass is 286 g/mol. The van der Waals surface area contributed by atoms with Gasteiger partial charge >= 0.3 is 6.03 Å². The Morgan fingerprint density at radius 1 is 1.38 bits per heavy atom. The lowest BCUT2D eigenvalue weighted by atomic mass is 10.2. The van der Waals surface area contributed by atoms with E-state index >= 15 is 0 Å². The molecular weight excluding hydrogens is 268 g/mol. The number of benzene rings is 1. The molecule has 1 saturated heterocycles. The summed E-state index contributed by atoms with van der Waals surface area (Å²) in [5, 5.41) is 16.7. The van der Waals surface area contributed by atoms with Gasteiger partial charge in [0.1, 0.15) is 0 Å². The molecule has 2 amide bonds. The molecule has 1 aromatic carbocycles. The molecule has 0 spiro atoms. The molecule has 1 aromatic heterocycles. The molecule has 1 atom stereocenters. The molecule has 0 unspecified atom stereocenters. The van der Waals surface area contributed by atoms with Gasteiger partial charge in [-0.2, -0.15) is 5.10 Å². The fraction of sp³-hybridized carbons (Fsp3) is 0.333. The van der Waals surface area contributed by atoms with Crippen LogP contribution in [0.1, 0.15) is 12.1 Å². The molecule has 21 heavy (non-hydrogen) atoms. The van der Waals surface area contributed by atoms with Gasteiger partial charge in [-0.25, -0.2) is 9.48 Å². The summed E-state index contributed by atoms with van der Waals surface area (Å²) >= 11 is 0. The topological polar surface area (TPSA) is 70.4 Å². The quantitative estimate of drug-likeness (QED) is 0.884. The van der Waals surface area contributed by atoms with Gasteiger partial charge in [0.25, 0.3) is 0 Å². The number of urea groups is 1. The molecule has 3 rings (SSSR count). The summed E-state index contributed by atoms with van der Waals surface area (Å²) in [7, 11) is 0. The van der Waals surface area contributed by atoms with Crippen molar-refractivity contribution in [1.29, 1.82) is 0 Å². The lowest BCUT2D eigenvalue weighted by molar-refractivity contribution is 0.176. The third-order valence-electron chi connectivity index (χ3n) is 3.66. The van der Waals surface area contributed by atoms with E-state index in [2.05, 4.69) is 10.4 Å². The largest absolute Gasteiger partial charge is 0.391 e. The fourth-order valence-corrected chi connectivity index (χ4v) is 2.51. The summed E-state index contributed by atoms with van der Waals surface area (Å²) in [5.74, 6) is 0. The number of anilines is 1. The zero-order chi connectivity index (χ0) is 14.8. The smallest absolute Gasteiger partial charge is 0.321 e. The van der Waals surface area contributed by atoms with Gasteiger partial charge in [0.15, 0.2) is 0 Å². The van der Waals surface area contributed by atoms with Crippen molar-refractivity contribution in [1.82, 2.24) is 14.7 Å². The maximum absolute atomic E-state index is 12.2. The van der Waals surface area contributed by atoms with Crippen molar-refractivity contribution in [2.24, 2.45) is 0 Å². The number of aryl methyl sites for hydroxylation is 1. The molecule has 2 N–H and O–H groups in total. The number of carbonyl (C=O) groups is 1. The summed E-state index contributed by atoms with van der Waals surface area (Å²) in [6.07, 6.45) is 1.94. The van der Waals surface area contributed by atoms with E-state index in [-0.39, 0.29) is 6.03 Å². The second-order valence-electron chi connectivity index (χ2n) is 5.22. The van der Waals surface area contributed by atoms with Gasteiger partial charge in [-0.3, -0.25) is 0 Å². The average Bonchev–Trinajstić information content (AvgIpc) is 3.08. The Kier molecular flexibility index (Phi) is 3.62. The number of para-hydroxylation sites is 2. The van der Waals surface area contributed by atoms with Crippen molar-refractivity contribution < 1.29 is 9.90 Å². The highest BCUT2D eigenvalue weighted by Gasteiger charge is 2.25. The maximum atomic E-state index is 12.2. The van der Waals surface area contributed by atoms with Crippen LogP contribution in [0.2, 0.25) is 0 Å². The van der Waals surface area contributed by atoms with Gasteiger partial charge in [-0.05, 0) is 31.5 Å². The van der Waals surface area contributed by atoms with Crippen LogP contribution in [-0.4, -0.2) is 45.0 Å². The first-order valence-electron chi connectivity index (χ1n) is 6.99. The summed E-state index contributed by atoms with van der Waals surface area (Å²) in [4.78, 5) is 13.9. The summed E-state index contributed by atoms with van der Waals surface area (Å²) in [6.45, 7) is 2.92. The van der Waals surface area contributed by atoms with Crippen molar-refractivity contribution in [2.45, 2.75) is 19.4 Å². The fourth-order valence-electron chi connectivity index (χ4n) is 2.51. The van der Waals surface area contributed by atoms with Gasteiger partial charge in [-0.1, -0.05) is 12.1 Å². The molecule has 0 bridgehead atoms. The molecule has 6 nitrogen and oxygen atoms in total. The van der Waals surface area contributed by atoms with Crippen molar-refractivity contribution in [3.8, 4) is 5.69 Å². The van der Waals surface area contributed by atoms with E-state index in [0.717, 1.165) is 11.4 Å². The number of aromatic nitrogens is 2. The Morgan fingerprint density at radius 3 is 2.86 bits per heavy atom. The number of hydrogen-bond acceptors (Lipinski definition) is 3. The number of amides is 2. The van der Waals surface area contributed by atoms with E-state index in [1.54, 1.807) is 15.8 Å². The number of β-amino-alcohol motifs (C(OH)–C–C–N with tert-alkyl or cyclic N) is 1. The van der Waals surface area contributed by atoms with Crippen molar-refractivity contribution in [3.05, 3.63) is 42.2 Å². The van der Waals surface area contributed by atoms with Crippen LogP contribution >= 0.6 is 0 Å². The molecular formula is C15H18N4O2. The molecule has 2 aromatic rings. The molecule has 2 heterocycles. The minimum absolute atomic E-state index is 0.191. The zero-order valence-electron chi connectivity index (χ0n) is 11.9. The number of nitrogens with zero attached hydrogens (tertiary/aromatic N) is 3. The number of rotatable bonds is 2. The Morgan fingerprint density at radius 2 is 2.19 bits per heavy atom. The van der Waals surface area contributed by atoms with E-state index in [1.165, 1.54) is 0 Å². The SMILES string of the molecule is Cc1ccnn1-c1ccccc1NC(=O)N1CC[C@H](O)C1. The van der Waals surface area contributed by atoms with Crippen LogP contribution in [-0.2, 0) is 0 Å². The number of carbonyl (C=O) groups excluding carboxylic acids is 1. The number of aliphatic hydroxyl groups is 1.